The molecule has 2 nitrogen and oxygen atoms in total. The van der Waals surface area contributed by atoms with Crippen molar-refractivity contribution in [1.82, 2.24) is 0 Å². The van der Waals surface area contributed by atoms with E-state index in [4.69, 9.17) is 16.3 Å². The monoisotopic (exact) mass is 302 g/mol. The predicted octanol–water partition coefficient (Wildman–Crippen LogP) is 5.05. The van der Waals surface area contributed by atoms with Crippen LogP contribution in [0.5, 0.6) is 0 Å². The molecule has 0 saturated heterocycles. The number of benzene rings is 2. The van der Waals surface area contributed by atoms with Crippen LogP contribution in [0.2, 0.25) is 0 Å². The Kier molecular flexibility index (Phi) is 4.69. The molecule has 0 radical (unpaired) electrons. The molecule has 0 aliphatic carbocycles. The lowest BCUT2D eigenvalue weighted by Gasteiger charge is -2.20. The molecule has 3 heteroatoms. The van der Waals surface area contributed by atoms with E-state index in [0.717, 1.165) is 16.7 Å². The molecular formula is C18H19ClO2. The molecule has 0 heterocycles. The quantitative estimate of drug-likeness (QED) is 0.586. The SMILES string of the molecule is CC(C)(C)OC(=O)c1ccccc1-c1ccc(CCl)cc1. The van der Waals surface area contributed by atoms with Crippen molar-refractivity contribution >= 4 is 17.6 Å². The molecule has 0 N–H and O–H groups in total. The number of hydrogen-bond donors (Lipinski definition) is 0. The van der Waals surface area contributed by atoms with E-state index in [1.807, 2.05) is 63.2 Å². The lowest BCUT2D eigenvalue weighted by atomic mass is 9.99. The van der Waals surface area contributed by atoms with Gasteiger partial charge >= 0.3 is 5.97 Å². The zero-order valence-corrected chi connectivity index (χ0v) is 13.3. The highest BCUT2D eigenvalue weighted by Crippen LogP contribution is 2.26. The van der Waals surface area contributed by atoms with Gasteiger partial charge in [-0.05, 0) is 43.5 Å². The van der Waals surface area contributed by atoms with Crippen molar-refractivity contribution in [2.75, 3.05) is 0 Å². The van der Waals surface area contributed by atoms with Gasteiger partial charge in [-0.15, -0.1) is 11.6 Å². The van der Waals surface area contributed by atoms with Gasteiger partial charge in [0.1, 0.15) is 5.60 Å². The third-order valence-electron chi connectivity index (χ3n) is 2.97. The van der Waals surface area contributed by atoms with Gasteiger partial charge in [-0.1, -0.05) is 42.5 Å². The number of halogens is 1. The second-order valence-corrected chi connectivity index (χ2v) is 6.15. The van der Waals surface area contributed by atoms with Crippen LogP contribution in [-0.2, 0) is 10.6 Å². The van der Waals surface area contributed by atoms with Crippen LogP contribution in [0.15, 0.2) is 48.5 Å². The van der Waals surface area contributed by atoms with E-state index in [-0.39, 0.29) is 5.97 Å². The zero-order chi connectivity index (χ0) is 15.5. The third-order valence-corrected chi connectivity index (χ3v) is 3.27. The van der Waals surface area contributed by atoms with Gasteiger partial charge in [0.05, 0.1) is 5.56 Å². The fourth-order valence-electron chi connectivity index (χ4n) is 2.02. The first-order valence-electron chi connectivity index (χ1n) is 6.88. The first-order chi connectivity index (χ1) is 9.90. The summed E-state index contributed by atoms with van der Waals surface area (Å²) in [5.41, 5.74) is 2.96. The molecule has 0 spiro atoms. The predicted molar refractivity (Wildman–Crippen MR) is 86.6 cm³/mol. The van der Waals surface area contributed by atoms with E-state index in [1.54, 1.807) is 6.07 Å². The molecular weight excluding hydrogens is 284 g/mol. The Morgan fingerprint density at radius 3 is 2.24 bits per heavy atom. The molecule has 0 saturated carbocycles. The van der Waals surface area contributed by atoms with Crippen LogP contribution in [0, 0.1) is 0 Å². The molecule has 2 aromatic carbocycles. The summed E-state index contributed by atoms with van der Waals surface area (Å²) < 4.78 is 5.47. The Balaban J connectivity index is 2.38. The van der Waals surface area contributed by atoms with E-state index < -0.39 is 5.60 Å². The Morgan fingerprint density at radius 1 is 1.05 bits per heavy atom. The minimum atomic E-state index is -0.507. The summed E-state index contributed by atoms with van der Waals surface area (Å²) >= 11 is 5.81. The number of esters is 1. The van der Waals surface area contributed by atoms with E-state index >= 15 is 0 Å². The fourth-order valence-corrected chi connectivity index (χ4v) is 2.20. The number of carbonyl (C=O) groups excluding carboxylic acids is 1. The summed E-state index contributed by atoms with van der Waals surface area (Å²) in [6.45, 7) is 5.59. The molecule has 0 aromatic heterocycles. The van der Waals surface area contributed by atoms with Gasteiger partial charge in [0.25, 0.3) is 0 Å². The van der Waals surface area contributed by atoms with Gasteiger partial charge in [-0.3, -0.25) is 0 Å². The van der Waals surface area contributed by atoms with Crippen LogP contribution in [0.3, 0.4) is 0 Å². The van der Waals surface area contributed by atoms with Crippen LogP contribution in [-0.4, -0.2) is 11.6 Å². The minimum absolute atomic E-state index is 0.306. The lowest BCUT2D eigenvalue weighted by Crippen LogP contribution is -2.24. The summed E-state index contributed by atoms with van der Waals surface area (Å²) in [5.74, 6) is 0.174. The van der Waals surface area contributed by atoms with Crippen molar-refractivity contribution in [3.8, 4) is 11.1 Å². The molecule has 0 bridgehead atoms. The number of carbonyl (C=O) groups is 1. The Bertz CT molecular complexity index is 624. The summed E-state index contributed by atoms with van der Waals surface area (Å²) in [5, 5.41) is 0. The highest BCUT2D eigenvalue weighted by Gasteiger charge is 2.20. The third kappa shape index (κ3) is 4.08. The van der Waals surface area contributed by atoms with Crippen LogP contribution in [0.4, 0.5) is 0 Å². The summed E-state index contributed by atoms with van der Waals surface area (Å²) in [6.07, 6.45) is 0. The van der Waals surface area contributed by atoms with Gasteiger partial charge < -0.3 is 4.74 Å². The standard InChI is InChI=1S/C18H19ClO2/c1-18(2,3)21-17(20)16-7-5-4-6-15(16)14-10-8-13(12-19)9-11-14/h4-11H,12H2,1-3H3. The highest BCUT2D eigenvalue weighted by molar-refractivity contribution is 6.17. The van der Waals surface area contributed by atoms with Crippen molar-refractivity contribution in [3.63, 3.8) is 0 Å². The average Bonchev–Trinajstić information content (AvgIpc) is 2.45. The molecule has 0 unspecified atom stereocenters. The number of hydrogen-bond acceptors (Lipinski definition) is 2. The van der Waals surface area contributed by atoms with Gasteiger partial charge in [-0.25, -0.2) is 4.79 Å². The average molecular weight is 303 g/mol. The van der Waals surface area contributed by atoms with Crippen molar-refractivity contribution in [3.05, 3.63) is 59.7 Å². The number of alkyl halides is 1. The van der Waals surface area contributed by atoms with Crippen LogP contribution in [0.25, 0.3) is 11.1 Å². The molecule has 110 valence electrons. The van der Waals surface area contributed by atoms with Gasteiger partial charge in [-0.2, -0.15) is 0 Å². The van der Waals surface area contributed by atoms with E-state index in [2.05, 4.69) is 0 Å². The topological polar surface area (TPSA) is 26.3 Å². The molecule has 0 aliphatic heterocycles. The summed E-state index contributed by atoms with van der Waals surface area (Å²) in [4.78, 5) is 12.3. The molecule has 2 aromatic rings. The minimum Gasteiger partial charge on any atom is -0.456 e. The van der Waals surface area contributed by atoms with Crippen molar-refractivity contribution in [2.45, 2.75) is 32.3 Å². The smallest absolute Gasteiger partial charge is 0.339 e. The van der Waals surface area contributed by atoms with Crippen LogP contribution >= 0.6 is 11.6 Å². The van der Waals surface area contributed by atoms with E-state index in [9.17, 15) is 4.79 Å². The van der Waals surface area contributed by atoms with Crippen molar-refractivity contribution in [1.29, 1.82) is 0 Å². The maximum absolute atomic E-state index is 12.3. The highest BCUT2D eigenvalue weighted by atomic mass is 35.5. The number of ether oxygens (including phenoxy) is 1. The van der Waals surface area contributed by atoms with Crippen LogP contribution in [0.1, 0.15) is 36.7 Å². The maximum atomic E-state index is 12.3. The van der Waals surface area contributed by atoms with E-state index in [1.165, 1.54) is 0 Å². The van der Waals surface area contributed by atoms with Gasteiger partial charge in [0, 0.05) is 5.88 Å². The Hall–Kier alpha value is -1.80. The van der Waals surface area contributed by atoms with E-state index in [0.29, 0.717) is 11.4 Å². The molecule has 0 aliphatic rings. The Morgan fingerprint density at radius 2 is 1.67 bits per heavy atom. The van der Waals surface area contributed by atoms with Crippen molar-refractivity contribution < 1.29 is 9.53 Å². The van der Waals surface area contributed by atoms with Gasteiger partial charge in [0.15, 0.2) is 0 Å². The zero-order valence-electron chi connectivity index (χ0n) is 12.5. The maximum Gasteiger partial charge on any atom is 0.339 e. The molecule has 21 heavy (non-hydrogen) atoms. The van der Waals surface area contributed by atoms with Crippen molar-refractivity contribution in [2.24, 2.45) is 0 Å². The second kappa shape index (κ2) is 6.31. The normalized spacial score (nSPS) is 11.2. The Labute approximate surface area is 130 Å². The molecule has 0 amide bonds. The summed E-state index contributed by atoms with van der Waals surface area (Å²) in [6, 6.07) is 15.4. The summed E-state index contributed by atoms with van der Waals surface area (Å²) in [7, 11) is 0. The second-order valence-electron chi connectivity index (χ2n) is 5.88. The first-order valence-corrected chi connectivity index (χ1v) is 7.42. The lowest BCUT2D eigenvalue weighted by molar-refractivity contribution is 0.00705. The van der Waals surface area contributed by atoms with Gasteiger partial charge in [0.2, 0.25) is 0 Å². The molecule has 2 rings (SSSR count). The van der Waals surface area contributed by atoms with Crippen LogP contribution < -0.4 is 0 Å². The molecule has 0 fully saturated rings. The largest absolute Gasteiger partial charge is 0.456 e. The number of rotatable bonds is 3. The fraction of sp³-hybridized carbons (Fsp3) is 0.278. The first kappa shape index (κ1) is 15.6. The molecule has 0 atom stereocenters.